The number of amides is 1. The maximum atomic E-state index is 12.5. The SMILES string of the molecule is C[C@H](NC(=O)[C@H]1CC=CCC1)c1ccc(C(F)(F)F)cc1. The van der Waals surface area contributed by atoms with Crippen LogP contribution in [0, 0.1) is 5.92 Å². The number of carbonyl (C=O) groups excluding carboxylic acids is 1. The van der Waals surface area contributed by atoms with E-state index >= 15 is 0 Å². The van der Waals surface area contributed by atoms with E-state index in [1.165, 1.54) is 12.1 Å². The number of carbonyl (C=O) groups is 1. The quantitative estimate of drug-likeness (QED) is 0.831. The van der Waals surface area contributed by atoms with Crippen LogP contribution in [0.25, 0.3) is 0 Å². The summed E-state index contributed by atoms with van der Waals surface area (Å²) in [6, 6.07) is 4.61. The van der Waals surface area contributed by atoms with Crippen LogP contribution in [-0.4, -0.2) is 5.91 Å². The van der Waals surface area contributed by atoms with Crippen LogP contribution in [0.3, 0.4) is 0 Å². The van der Waals surface area contributed by atoms with Crippen LogP contribution in [-0.2, 0) is 11.0 Å². The molecule has 1 N–H and O–H groups in total. The highest BCUT2D eigenvalue weighted by Gasteiger charge is 2.30. The Morgan fingerprint density at radius 2 is 1.90 bits per heavy atom. The van der Waals surface area contributed by atoms with Gasteiger partial charge in [0.1, 0.15) is 0 Å². The number of rotatable bonds is 3. The van der Waals surface area contributed by atoms with E-state index in [0.29, 0.717) is 5.56 Å². The Balaban J connectivity index is 1.98. The molecule has 0 heterocycles. The molecule has 1 aliphatic rings. The van der Waals surface area contributed by atoms with Gasteiger partial charge in [0.05, 0.1) is 11.6 Å². The predicted molar refractivity (Wildman–Crippen MR) is 74.5 cm³/mol. The molecule has 1 amide bonds. The standard InChI is InChI=1S/C16H18F3NO/c1-11(20-15(21)13-5-3-2-4-6-13)12-7-9-14(10-8-12)16(17,18)19/h2-3,7-11,13H,4-6H2,1H3,(H,20,21)/t11-,13-/m0/s1. The zero-order chi connectivity index (χ0) is 15.5. The molecule has 0 bridgehead atoms. The van der Waals surface area contributed by atoms with Crippen molar-refractivity contribution in [2.75, 3.05) is 0 Å². The highest BCUT2D eigenvalue weighted by atomic mass is 19.4. The maximum absolute atomic E-state index is 12.5. The van der Waals surface area contributed by atoms with Crippen molar-refractivity contribution in [2.45, 2.75) is 38.4 Å². The molecule has 0 fully saturated rings. The summed E-state index contributed by atoms with van der Waals surface area (Å²) in [6.45, 7) is 1.78. The number of benzene rings is 1. The highest BCUT2D eigenvalue weighted by molar-refractivity contribution is 5.79. The molecule has 2 nitrogen and oxygen atoms in total. The second-order valence-electron chi connectivity index (χ2n) is 5.33. The number of hydrogen-bond donors (Lipinski definition) is 1. The normalized spacial score (nSPS) is 20.1. The summed E-state index contributed by atoms with van der Waals surface area (Å²) < 4.78 is 37.5. The van der Waals surface area contributed by atoms with Gasteiger partial charge in [-0.3, -0.25) is 4.79 Å². The first-order valence-corrected chi connectivity index (χ1v) is 7.00. The third kappa shape index (κ3) is 4.09. The number of nitrogens with one attached hydrogen (secondary N) is 1. The molecule has 0 aliphatic heterocycles. The molecule has 0 unspecified atom stereocenters. The molecule has 2 rings (SSSR count). The van der Waals surface area contributed by atoms with Gasteiger partial charge in [-0.25, -0.2) is 0 Å². The van der Waals surface area contributed by atoms with E-state index in [1.54, 1.807) is 6.92 Å². The minimum atomic E-state index is -4.33. The van der Waals surface area contributed by atoms with Crippen molar-refractivity contribution in [3.8, 4) is 0 Å². The summed E-state index contributed by atoms with van der Waals surface area (Å²) in [7, 11) is 0. The van der Waals surface area contributed by atoms with Crippen LogP contribution in [0.4, 0.5) is 13.2 Å². The zero-order valence-electron chi connectivity index (χ0n) is 11.8. The van der Waals surface area contributed by atoms with Gasteiger partial charge in [-0.15, -0.1) is 0 Å². The van der Waals surface area contributed by atoms with Crippen molar-refractivity contribution in [2.24, 2.45) is 5.92 Å². The molecule has 0 radical (unpaired) electrons. The van der Waals surface area contributed by atoms with Gasteiger partial charge in [0, 0.05) is 5.92 Å². The van der Waals surface area contributed by atoms with Crippen LogP contribution >= 0.6 is 0 Å². The molecule has 0 spiro atoms. The summed E-state index contributed by atoms with van der Waals surface area (Å²) in [5.74, 6) is -0.0707. The second-order valence-corrected chi connectivity index (χ2v) is 5.33. The van der Waals surface area contributed by atoms with Crippen LogP contribution in [0.5, 0.6) is 0 Å². The number of halogens is 3. The second kappa shape index (κ2) is 6.33. The minimum Gasteiger partial charge on any atom is -0.349 e. The van der Waals surface area contributed by atoms with Gasteiger partial charge in [-0.05, 0) is 43.9 Å². The third-order valence-corrected chi connectivity index (χ3v) is 3.74. The number of allylic oxidation sites excluding steroid dienone is 2. The predicted octanol–water partition coefficient (Wildman–Crippen LogP) is 4.24. The summed E-state index contributed by atoms with van der Waals surface area (Å²) in [5.41, 5.74) is -0.00936. The van der Waals surface area contributed by atoms with Gasteiger partial charge in [0.2, 0.25) is 5.91 Å². The topological polar surface area (TPSA) is 29.1 Å². The summed E-state index contributed by atoms with van der Waals surface area (Å²) in [6.07, 6.45) is 2.17. The molecule has 2 atom stereocenters. The van der Waals surface area contributed by atoms with Gasteiger partial charge in [0.25, 0.3) is 0 Å². The molecule has 114 valence electrons. The number of hydrogen-bond acceptors (Lipinski definition) is 1. The monoisotopic (exact) mass is 297 g/mol. The van der Waals surface area contributed by atoms with E-state index in [0.717, 1.165) is 31.4 Å². The molecular weight excluding hydrogens is 279 g/mol. The fourth-order valence-corrected chi connectivity index (χ4v) is 2.41. The first-order chi connectivity index (χ1) is 9.88. The lowest BCUT2D eigenvalue weighted by Gasteiger charge is -2.21. The van der Waals surface area contributed by atoms with Crippen molar-refractivity contribution >= 4 is 5.91 Å². The Kier molecular flexibility index (Phi) is 4.70. The zero-order valence-corrected chi connectivity index (χ0v) is 11.8. The Hall–Kier alpha value is -1.78. The smallest absolute Gasteiger partial charge is 0.349 e. The molecule has 0 aromatic heterocycles. The first-order valence-electron chi connectivity index (χ1n) is 7.00. The molecule has 1 aromatic carbocycles. The summed E-state index contributed by atoms with van der Waals surface area (Å²) in [5, 5.41) is 2.87. The van der Waals surface area contributed by atoms with E-state index in [-0.39, 0.29) is 17.9 Å². The molecule has 1 aromatic rings. The minimum absolute atomic E-state index is 0.0353. The molecule has 0 saturated carbocycles. The van der Waals surface area contributed by atoms with Gasteiger partial charge in [-0.2, -0.15) is 13.2 Å². The summed E-state index contributed by atoms with van der Waals surface area (Å²) >= 11 is 0. The van der Waals surface area contributed by atoms with Crippen LogP contribution in [0.15, 0.2) is 36.4 Å². The lowest BCUT2D eigenvalue weighted by Crippen LogP contribution is -2.33. The van der Waals surface area contributed by atoms with E-state index in [2.05, 4.69) is 11.4 Å². The largest absolute Gasteiger partial charge is 0.416 e. The first kappa shape index (κ1) is 15.6. The maximum Gasteiger partial charge on any atom is 0.416 e. The number of alkyl halides is 3. The van der Waals surface area contributed by atoms with Crippen LogP contribution in [0.2, 0.25) is 0 Å². The average Bonchev–Trinajstić information content (AvgIpc) is 2.47. The fraction of sp³-hybridized carbons (Fsp3) is 0.438. The summed E-state index contributed by atoms with van der Waals surface area (Å²) in [4.78, 5) is 12.1. The average molecular weight is 297 g/mol. The van der Waals surface area contributed by atoms with Crippen molar-refractivity contribution < 1.29 is 18.0 Å². The van der Waals surface area contributed by atoms with Gasteiger partial charge in [-0.1, -0.05) is 24.3 Å². The molecule has 5 heteroatoms. The van der Waals surface area contributed by atoms with Crippen molar-refractivity contribution in [3.05, 3.63) is 47.5 Å². The Morgan fingerprint density at radius 1 is 1.24 bits per heavy atom. The fourth-order valence-electron chi connectivity index (χ4n) is 2.41. The molecule has 0 saturated heterocycles. The lowest BCUT2D eigenvalue weighted by atomic mass is 9.93. The van der Waals surface area contributed by atoms with E-state index < -0.39 is 11.7 Å². The molecular formula is C16H18F3NO. The molecule has 21 heavy (non-hydrogen) atoms. The Morgan fingerprint density at radius 3 is 2.43 bits per heavy atom. The van der Waals surface area contributed by atoms with Crippen molar-refractivity contribution in [1.82, 2.24) is 5.32 Å². The third-order valence-electron chi connectivity index (χ3n) is 3.74. The lowest BCUT2D eigenvalue weighted by molar-refractivity contribution is -0.137. The van der Waals surface area contributed by atoms with Crippen molar-refractivity contribution in [1.29, 1.82) is 0 Å². The highest BCUT2D eigenvalue weighted by Crippen LogP contribution is 2.30. The van der Waals surface area contributed by atoms with Crippen LogP contribution < -0.4 is 5.32 Å². The van der Waals surface area contributed by atoms with Gasteiger partial charge < -0.3 is 5.32 Å². The Labute approximate surface area is 122 Å². The van der Waals surface area contributed by atoms with E-state index in [9.17, 15) is 18.0 Å². The van der Waals surface area contributed by atoms with Gasteiger partial charge >= 0.3 is 6.18 Å². The van der Waals surface area contributed by atoms with Gasteiger partial charge in [0.15, 0.2) is 0 Å². The van der Waals surface area contributed by atoms with Crippen molar-refractivity contribution in [3.63, 3.8) is 0 Å². The Bertz CT molecular complexity index is 519. The van der Waals surface area contributed by atoms with E-state index in [1.807, 2.05) is 6.08 Å². The van der Waals surface area contributed by atoms with E-state index in [4.69, 9.17) is 0 Å². The molecule has 1 aliphatic carbocycles. The van der Waals surface area contributed by atoms with Crippen LogP contribution in [0.1, 0.15) is 43.4 Å².